The van der Waals surface area contributed by atoms with Crippen molar-refractivity contribution in [1.82, 2.24) is 15.0 Å². The number of nitrogens with zero attached hydrogens (tertiary/aromatic N) is 4. The highest BCUT2D eigenvalue weighted by molar-refractivity contribution is 6.13. The molecule has 0 saturated carbocycles. The van der Waals surface area contributed by atoms with Crippen molar-refractivity contribution in [3.05, 3.63) is 58.9 Å². The summed E-state index contributed by atoms with van der Waals surface area (Å²) in [6.07, 6.45) is 1.93. The molecule has 8 nitrogen and oxygen atoms in total. The molecule has 0 bridgehead atoms. The highest BCUT2D eigenvalue weighted by atomic mass is 19.1. The maximum absolute atomic E-state index is 14.2. The van der Waals surface area contributed by atoms with Gasteiger partial charge < -0.3 is 19.8 Å². The SMILES string of the molecule is Cc1nc2c(o1)CCN(c1cc(C(=N)c3cc(OC(C)C)c(F)cc3N)ncn1)C2. The summed E-state index contributed by atoms with van der Waals surface area (Å²) < 4.78 is 25.3. The Hall–Kier alpha value is -3.49. The number of ether oxygens (including phenoxy) is 1. The Morgan fingerprint density at radius 1 is 1.30 bits per heavy atom. The van der Waals surface area contributed by atoms with E-state index < -0.39 is 5.82 Å². The molecule has 0 aliphatic carbocycles. The maximum atomic E-state index is 14.2. The van der Waals surface area contributed by atoms with Crippen molar-refractivity contribution in [2.24, 2.45) is 0 Å². The molecule has 0 unspecified atom stereocenters. The molecular weight excluding hydrogens is 387 g/mol. The average molecular weight is 410 g/mol. The third-order valence-corrected chi connectivity index (χ3v) is 4.80. The van der Waals surface area contributed by atoms with Crippen molar-refractivity contribution in [2.45, 2.75) is 39.8 Å². The highest BCUT2D eigenvalue weighted by Gasteiger charge is 2.23. The lowest BCUT2D eigenvalue weighted by Crippen LogP contribution is -2.31. The van der Waals surface area contributed by atoms with Crippen molar-refractivity contribution in [3.8, 4) is 5.75 Å². The van der Waals surface area contributed by atoms with Crippen molar-refractivity contribution in [3.63, 3.8) is 0 Å². The van der Waals surface area contributed by atoms with Crippen LogP contribution in [0, 0.1) is 18.2 Å². The van der Waals surface area contributed by atoms with Gasteiger partial charge in [-0.3, -0.25) is 5.41 Å². The van der Waals surface area contributed by atoms with Gasteiger partial charge in [0.1, 0.15) is 23.6 Å². The number of nitrogens with two attached hydrogens (primary N) is 1. The average Bonchev–Trinajstić information content (AvgIpc) is 3.08. The number of nitrogens with one attached hydrogen (secondary N) is 1. The van der Waals surface area contributed by atoms with Crippen LogP contribution in [0.4, 0.5) is 15.9 Å². The van der Waals surface area contributed by atoms with Gasteiger partial charge in [-0.25, -0.2) is 19.3 Å². The van der Waals surface area contributed by atoms with Gasteiger partial charge in [0, 0.05) is 43.3 Å². The van der Waals surface area contributed by atoms with Gasteiger partial charge in [0.25, 0.3) is 0 Å². The van der Waals surface area contributed by atoms with E-state index in [0.717, 1.165) is 24.4 Å². The van der Waals surface area contributed by atoms with Crippen LogP contribution in [-0.4, -0.2) is 33.3 Å². The van der Waals surface area contributed by atoms with Gasteiger partial charge in [0.2, 0.25) is 0 Å². The number of oxazole rings is 1. The largest absolute Gasteiger partial charge is 0.488 e. The third-order valence-electron chi connectivity index (χ3n) is 4.80. The fourth-order valence-electron chi connectivity index (χ4n) is 3.45. The maximum Gasteiger partial charge on any atom is 0.191 e. The number of benzene rings is 1. The summed E-state index contributed by atoms with van der Waals surface area (Å²) in [5.41, 5.74) is 7.84. The number of rotatable bonds is 5. The smallest absolute Gasteiger partial charge is 0.191 e. The van der Waals surface area contributed by atoms with Gasteiger partial charge in [-0.1, -0.05) is 0 Å². The van der Waals surface area contributed by atoms with Crippen molar-refractivity contribution < 1.29 is 13.5 Å². The Morgan fingerprint density at radius 3 is 2.87 bits per heavy atom. The molecule has 3 N–H and O–H groups in total. The Labute approximate surface area is 173 Å². The summed E-state index contributed by atoms with van der Waals surface area (Å²) in [5, 5.41) is 8.60. The van der Waals surface area contributed by atoms with E-state index in [2.05, 4.69) is 19.9 Å². The number of hydrogen-bond acceptors (Lipinski definition) is 8. The molecule has 0 atom stereocenters. The van der Waals surface area contributed by atoms with Gasteiger partial charge in [0.05, 0.1) is 24.1 Å². The molecule has 9 heteroatoms. The minimum atomic E-state index is -0.562. The van der Waals surface area contributed by atoms with E-state index in [4.69, 9.17) is 20.3 Å². The highest BCUT2D eigenvalue weighted by Crippen LogP contribution is 2.28. The van der Waals surface area contributed by atoms with Gasteiger partial charge >= 0.3 is 0 Å². The zero-order valence-corrected chi connectivity index (χ0v) is 17.1. The van der Waals surface area contributed by atoms with Gasteiger partial charge in [-0.2, -0.15) is 0 Å². The van der Waals surface area contributed by atoms with Crippen LogP contribution in [0.15, 0.2) is 28.9 Å². The summed E-state index contributed by atoms with van der Waals surface area (Å²) in [4.78, 5) is 15.1. The Balaban J connectivity index is 1.62. The first kappa shape index (κ1) is 19.8. The lowest BCUT2D eigenvalue weighted by atomic mass is 10.0. The molecule has 30 heavy (non-hydrogen) atoms. The Bertz CT molecular complexity index is 1110. The quantitative estimate of drug-likeness (QED) is 0.490. The summed E-state index contributed by atoms with van der Waals surface area (Å²) in [6.45, 7) is 6.73. The molecule has 0 fully saturated rings. The second-order valence-electron chi connectivity index (χ2n) is 7.45. The second-order valence-corrected chi connectivity index (χ2v) is 7.45. The van der Waals surface area contributed by atoms with Crippen LogP contribution in [0.5, 0.6) is 5.75 Å². The van der Waals surface area contributed by atoms with Crippen LogP contribution in [0.2, 0.25) is 0 Å². The van der Waals surface area contributed by atoms with Crippen LogP contribution in [0.25, 0.3) is 0 Å². The summed E-state index contributed by atoms with van der Waals surface area (Å²) in [6, 6.07) is 4.34. The molecule has 1 aliphatic rings. The molecule has 4 rings (SSSR count). The zero-order chi connectivity index (χ0) is 21.4. The molecular formula is C21H23FN6O2. The molecule has 1 aromatic carbocycles. The number of halogens is 1. The molecule has 3 heterocycles. The predicted octanol–water partition coefficient (Wildman–Crippen LogP) is 3.26. The third kappa shape index (κ3) is 3.83. The molecule has 3 aromatic rings. The molecule has 0 spiro atoms. The van der Waals surface area contributed by atoms with Crippen LogP contribution in [0.1, 0.15) is 42.4 Å². The molecule has 0 radical (unpaired) electrons. The van der Waals surface area contributed by atoms with Crippen molar-refractivity contribution in [1.29, 1.82) is 5.41 Å². The standard InChI is InChI=1S/C21H23FN6O2/c1-11(2)29-19-6-13(15(23)7-14(19)22)21(24)16-8-20(26-10-25-16)28-5-4-18-17(9-28)27-12(3)30-18/h6-8,10-11,24H,4-5,9,23H2,1-3H3. The van der Waals surface area contributed by atoms with E-state index >= 15 is 0 Å². The first-order chi connectivity index (χ1) is 14.3. The molecule has 2 aromatic heterocycles. The monoisotopic (exact) mass is 410 g/mol. The predicted molar refractivity (Wildman–Crippen MR) is 111 cm³/mol. The van der Waals surface area contributed by atoms with Gasteiger partial charge in [-0.15, -0.1) is 0 Å². The van der Waals surface area contributed by atoms with Gasteiger partial charge in [-0.05, 0) is 19.9 Å². The first-order valence-corrected chi connectivity index (χ1v) is 9.69. The zero-order valence-electron chi connectivity index (χ0n) is 17.1. The Kier molecular flexibility index (Phi) is 5.11. The van der Waals surface area contributed by atoms with E-state index in [-0.39, 0.29) is 23.3 Å². The number of aryl methyl sites for hydroxylation is 1. The van der Waals surface area contributed by atoms with E-state index in [1.165, 1.54) is 18.5 Å². The lowest BCUT2D eigenvalue weighted by molar-refractivity contribution is 0.231. The minimum Gasteiger partial charge on any atom is -0.488 e. The van der Waals surface area contributed by atoms with Crippen LogP contribution in [0.3, 0.4) is 0 Å². The number of anilines is 2. The number of fused-ring (bicyclic) bond motifs is 1. The number of nitrogen functional groups attached to an aromatic ring is 1. The number of hydrogen-bond donors (Lipinski definition) is 2. The molecule has 0 saturated heterocycles. The van der Waals surface area contributed by atoms with E-state index in [1.54, 1.807) is 19.9 Å². The lowest BCUT2D eigenvalue weighted by Gasteiger charge is -2.26. The fraction of sp³-hybridized carbons (Fsp3) is 0.333. The summed E-state index contributed by atoms with van der Waals surface area (Å²) in [5.74, 6) is 1.72. The fourth-order valence-corrected chi connectivity index (χ4v) is 3.45. The molecule has 1 aliphatic heterocycles. The Morgan fingerprint density at radius 2 is 2.10 bits per heavy atom. The normalized spacial score (nSPS) is 13.4. The van der Waals surface area contributed by atoms with E-state index in [9.17, 15) is 4.39 Å². The van der Waals surface area contributed by atoms with E-state index in [0.29, 0.717) is 29.5 Å². The first-order valence-electron chi connectivity index (χ1n) is 9.69. The second kappa shape index (κ2) is 7.74. The summed E-state index contributed by atoms with van der Waals surface area (Å²) >= 11 is 0. The minimum absolute atomic E-state index is 0.0539. The van der Waals surface area contributed by atoms with Crippen LogP contribution < -0.4 is 15.4 Å². The van der Waals surface area contributed by atoms with Crippen molar-refractivity contribution in [2.75, 3.05) is 17.2 Å². The molecule has 0 amide bonds. The topological polar surface area (TPSA) is 114 Å². The van der Waals surface area contributed by atoms with Gasteiger partial charge in [0.15, 0.2) is 17.5 Å². The number of aromatic nitrogens is 3. The summed E-state index contributed by atoms with van der Waals surface area (Å²) in [7, 11) is 0. The van der Waals surface area contributed by atoms with Crippen LogP contribution in [-0.2, 0) is 13.0 Å². The van der Waals surface area contributed by atoms with Crippen molar-refractivity contribution >= 4 is 17.2 Å². The van der Waals surface area contributed by atoms with E-state index in [1.807, 2.05) is 6.92 Å². The molecule has 156 valence electrons. The van der Waals surface area contributed by atoms with Crippen LogP contribution >= 0.6 is 0 Å².